The summed E-state index contributed by atoms with van der Waals surface area (Å²) in [7, 11) is 1.58. The molecule has 0 saturated heterocycles. The van der Waals surface area contributed by atoms with Crippen LogP contribution >= 0.6 is 11.8 Å². The van der Waals surface area contributed by atoms with Crippen LogP contribution in [0.1, 0.15) is 12.0 Å². The molecule has 1 amide bonds. The van der Waals surface area contributed by atoms with E-state index < -0.39 is 0 Å². The highest BCUT2D eigenvalue weighted by Gasteiger charge is 2.14. The molecular weight excluding hydrogens is 364 g/mol. The standard InChI is InChI=1S/C19H16N4O3S/c1-25-16-9-5-3-7-14(16)18-22-23-19(26-18)27-11-10-17(24)21-15-8-4-2-6-13(15)12-20/h2-9H,10-11H2,1H3,(H,21,24). The van der Waals surface area contributed by atoms with Gasteiger partial charge in [0, 0.05) is 12.2 Å². The highest BCUT2D eigenvalue weighted by molar-refractivity contribution is 7.99. The molecule has 3 aromatic rings. The Labute approximate surface area is 160 Å². The van der Waals surface area contributed by atoms with Crippen molar-refractivity contribution in [2.24, 2.45) is 0 Å². The normalized spacial score (nSPS) is 10.2. The number of carbonyl (C=O) groups excluding carboxylic acids is 1. The number of amides is 1. The Bertz CT molecular complexity index is 981. The van der Waals surface area contributed by atoms with Crippen LogP contribution in [0.5, 0.6) is 5.75 Å². The number of benzene rings is 2. The van der Waals surface area contributed by atoms with Gasteiger partial charge in [-0.25, -0.2) is 0 Å². The van der Waals surface area contributed by atoms with Gasteiger partial charge < -0.3 is 14.5 Å². The Morgan fingerprint density at radius 3 is 2.81 bits per heavy atom. The number of nitrogens with zero attached hydrogens (tertiary/aromatic N) is 3. The molecule has 0 atom stereocenters. The van der Waals surface area contributed by atoms with E-state index in [0.29, 0.717) is 39.4 Å². The lowest BCUT2D eigenvalue weighted by Gasteiger charge is -2.05. The maximum absolute atomic E-state index is 12.1. The van der Waals surface area contributed by atoms with E-state index in [1.807, 2.05) is 30.3 Å². The SMILES string of the molecule is COc1ccccc1-c1nnc(SCCC(=O)Nc2ccccc2C#N)o1. The monoisotopic (exact) mass is 380 g/mol. The van der Waals surface area contributed by atoms with Gasteiger partial charge in [0.1, 0.15) is 11.8 Å². The second kappa shape index (κ2) is 8.87. The van der Waals surface area contributed by atoms with Crippen molar-refractivity contribution in [2.45, 2.75) is 11.6 Å². The zero-order chi connectivity index (χ0) is 19.1. The molecule has 0 aliphatic carbocycles. The number of carbonyl (C=O) groups is 1. The molecule has 0 spiro atoms. The molecule has 0 unspecified atom stereocenters. The topological polar surface area (TPSA) is 101 Å². The molecule has 27 heavy (non-hydrogen) atoms. The smallest absolute Gasteiger partial charge is 0.276 e. The fraction of sp³-hybridized carbons (Fsp3) is 0.158. The van der Waals surface area contributed by atoms with Crippen molar-refractivity contribution in [1.82, 2.24) is 10.2 Å². The number of methoxy groups -OCH3 is 1. The number of aromatic nitrogens is 2. The van der Waals surface area contributed by atoms with E-state index in [9.17, 15) is 4.79 Å². The van der Waals surface area contributed by atoms with Gasteiger partial charge in [0.05, 0.1) is 23.9 Å². The van der Waals surface area contributed by atoms with Crippen molar-refractivity contribution in [3.8, 4) is 23.3 Å². The fourth-order valence-electron chi connectivity index (χ4n) is 2.33. The highest BCUT2D eigenvalue weighted by atomic mass is 32.2. The van der Waals surface area contributed by atoms with E-state index in [1.165, 1.54) is 11.8 Å². The molecule has 0 saturated carbocycles. The van der Waals surface area contributed by atoms with Crippen molar-refractivity contribution >= 4 is 23.4 Å². The molecule has 0 bridgehead atoms. The summed E-state index contributed by atoms with van der Waals surface area (Å²) in [6.45, 7) is 0. The van der Waals surface area contributed by atoms with Crippen LogP contribution in [0.2, 0.25) is 0 Å². The number of hydrogen-bond donors (Lipinski definition) is 1. The summed E-state index contributed by atoms with van der Waals surface area (Å²) >= 11 is 1.29. The van der Waals surface area contributed by atoms with Gasteiger partial charge in [-0.05, 0) is 24.3 Å². The van der Waals surface area contributed by atoms with Crippen LogP contribution in [-0.4, -0.2) is 29.0 Å². The maximum atomic E-state index is 12.1. The molecule has 0 fully saturated rings. The summed E-state index contributed by atoms with van der Waals surface area (Å²) in [5.41, 5.74) is 1.65. The lowest BCUT2D eigenvalue weighted by molar-refractivity contribution is -0.115. The second-order valence-corrected chi connectivity index (χ2v) is 6.42. The first-order valence-corrected chi connectivity index (χ1v) is 9.08. The van der Waals surface area contributed by atoms with E-state index in [2.05, 4.69) is 15.5 Å². The summed E-state index contributed by atoms with van der Waals surface area (Å²) in [5, 5.41) is 20.2. The third kappa shape index (κ3) is 4.65. The van der Waals surface area contributed by atoms with Gasteiger partial charge >= 0.3 is 0 Å². The average Bonchev–Trinajstić information content (AvgIpc) is 3.17. The van der Waals surface area contributed by atoms with Gasteiger partial charge in [0.2, 0.25) is 5.91 Å². The molecule has 0 aliphatic heterocycles. The molecule has 0 aliphatic rings. The van der Waals surface area contributed by atoms with Gasteiger partial charge in [0.25, 0.3) is 11.1 Å². The van der Waals surface area contributed by atoms with E-state index in [4.69, 9.17) is 14.4 Å². The van der Waals surface area contributed by atoms with Crippen LogP contribution < -0.4 is 10.1 Å². The molecule has 1 N–H and O–H groups in total. The Morgan fingerprint density at radius 1 is 1.22 bits per heavy atom. The fourth-order valence-corrected chi connectivity index (χ4v) is 3.03. The van der Waals surface area contributed by atoms with Crippen LogP contribution in [0.4, 0.5) is 5.69 Å². The van der Waals surface area contributed by atoms with Crippen molar-refractivity contribution in [2.75, 3.05) is 18.2 Å². The van der Waals surface area contributed by atoms with Gasteiger partial charge in [-0.3, -0.25) is 4.79 Å². The molecular formula is C19H16N4O3S. The molecule has 136 valence electrons. The first-order valence-electron chi connectivity index (χ1n) is 8.10. The van der Waals surface area contributed by atoms with Gasteiger partial charge in [-0.2, -0.15) is 5.26 Å². The van der Waals surface area contributed by atoms with E-state index in [1.54, 1.807) is 31.4 Å². The number of anilines is 1. The quantitative estimate of drug-likeness (QED) is 0.623. The molecule has 1 aromatic heterocycles. The Balaban J connectivity index is 1.55. The van der Waals surface area contributed by atoms with Crippen LogP contribution in [-0.2, 0) is 4.79 Å². The summed E-state index contributed by atoms with van der Waals surface area (Å²) in [5.74, 6) is 1.29. The first kappa shape index (κ1) is 18.5. The molecule has 7 nitrogen and oxygen atoms in total. The number of nitrogens with one attached hydrogen (secondary N) is 1. The Hall–Kier alpha value is -3.31. The molecule has 8 heteroatoms. The van der Waals surface area contributed by atoms with Gasteiger partial charge in [-0.1, -0.05) is 36.0 Å². The summed E-state index contributed by atoms with van der Waals surface area (Å²) in [4.78, 5) is 12.1. The predicted molar refractivity (Wildman–Crippen MR) is 101 cm³/mol. The van der Waals surface area contributed by atoms with Gasteiger partial charge in [0.15, 0.2) is 0 Å². The van der Waals surface area contributed by atoms with Crippen LogP contribution in [0, 0.1) is 11.3 Å². The number of ether oxygens (including phenoxy) is 1. The number of thioether (sulfide) groups is 1. The predicted octanol–water partition coefficient (Wildman–Crippen LogP) is 3.74. The highest BCUT2D eigenvalue weighted by Crippen LogP contribution is 2.30. The van der Waals surface area contributed by atoms with Crippen LogP contribution in [0.3, 0.4) is 0 Å². The van der Waals surface area contributed by atoms with Crippen molar-refractivity contribution in [3.05, 3.63) is 54.1 Å². The third-order valence-corrected chi connectivity index (χ3v) is 4.44. The van der Waals surface area contributed by atoms with Crippen molar-refractivity contribution in [1.29, 1.82) is 5.26 Å². The molecule has 2 aromatic carbocycles. The minimum Gasteiger partial charge on any atom is -0.496 e. The third-order valence-electron chi connectivity index (χ3n) is 3.62. The lowest BCUT2D eigenvalue weighted by atomic mass is 10.2. The summed E-state index contributed by atoms with van der Waals surface area (Å²) in [6, 6.07) is 16.3. The second-order valence-electron chi connectivity index (χ2n) is 5.38. The van der Waals surface area contributed by atoms with Gasteiger partial charge in [-0.15, -0.1) is 10.2 Å². The average molecular weight is 380 g/mol. The minimum absolute atomic E-state index is 0.185. The molecule has 0 radical (unpaired) electrons. The van der Waals surface area contributed by atoms with E-state index in [-0.39, 0.29) is 12.3 Å². The number of para-hydroxylation sites is 2. The lowest BCUT2D eigenvalue weighted by Crippen LogP contribution is -2.13. The van der Waals surface area contributed by atoms with Crippen molar-refractivity contribution < 1.29 is 13.9 Å². The summed E-state index contributed by atoms with van der Waals surface area (Å²) < 4.78 is 10.9. The number of rotatable bonds is 7. The van der Waals surface area contributed by atoms with Crippen LogP contribution in [0.25, 0.3) is 11.5 Å². The minimum atomic E-state index is -0.185. The largest absolute Gasteiger partial charge is 0.496 e. The molecule has 3 rings (SSSR count). The van der Waals surface area contributed by atoms with E-state index >= 15 is 0 Å². The van der Waals surface area contributed by atoms with Crippen LogP contribution in [0.15, 0.2) is 58.2 Å². The summed E-state index contributed by atoms with van der Waals surface area (Å²) in [6.07, 6.45) is 0.247. The zero-order valence-electron chi connectivity index (χ0n) is 14.5. The number of hydrogen-bond acceptors (Lipinski definition) is 7. The Kier molecular flexibility index (Phi) is 6.07. The maximum Gasteiger partial charge on any atom is 0.276 e. The number of nitriles is 1. The van der Waals surface area contributed by atoms with E-state index in [0.717, 1.165) is 0 Å². The Morgan fingerprint density at radius 2 is 2.00 bits per heavy atom. The van der Waals surface area contributed by atoms with Crippen molar-refractivity contribution in [3.63, 3.8) is 0 Å². The first-order chi connectivity index (χ1) is 13.2. The zero-order valence-corrected chi connectivity index (χ0v) is 15.3. The molecule has 1 heterocycles.